The van der Waals surface area contributed by atoms with E-state index in [9.17, 15) is 4.39 Å². The summed E-state index contributed by atoms with van der Waals surface area (Å²) in [6.07, 6.45) is 2.21. The Kier molecular flexibility index (Phi) is 4.00. The molecule has 0 bridgehead atoms. The van der Waals surface area contributed by atoms with E-state index in [4.69, 9.17) is 16.6 Å². The smallest absolute Gasteiger partial charge is 0.141 e. The molecule has 3 rings (SSSR count). The number of halogens is 2. The lowest BCUT2D eigenvalue weighted by Gasteiger charge is -2.22. The van der Waals surface area contributed by atoms with Crippen LogP contribution in [0.4, 0.5) is 4.39 Å². The molecule has 0 aliphatic carbocycles. The summed E-state index contributed by atoms with van der Waals surface area (Å²) in [6, 6.07) is 4.79. The largest absolute Gasteiger partial charge is 0.335 e. The number of nitrogens with zero attached hydrogens (tertiary/aromatic N) is 2. The standard InChI is InChI=1S/C16H19ClFN3/c1-10-15(12-3-4-14(18)13(17)9-12)20-16(21(10)2)11-5-7-19-8-6-11/h3-4,9,11,19H,5-8H2,1-2H3. The van der Waals surface area contributed by atoms with Crippen molar-refractivity contribution in [3.63, 3.8) is 0 Å². The number of aromatic nitrogens is 2. The minimum Gasteiger partial charge on any atom is -0.335 e. The molecular weight excluding hydrogens is 289 g/mol. The number of piperidine rings is 1. The van der Waals surface area contributed by atoms with Crippen molar-refractivity contribution in [1.29, 1.82) is 0 Å². The Morgan fingerprint density at radius 2 is 2.05 bits per heavy atom. The molecule has 0 unspecified atom stereocenters. The first-order valence-corrected chi connectivity index (χ1v) is 7.65. The second kappa shape index (κ2) is 5.78. The van der Waals surface area contributed by atoms with Gasteiger partial charge in [0, 0.05) is 24.2 Å². The fraction of sp³-hybridized carbons (Fsp3) is 0.438. The number of imidazole rings is 1. The van der Waals surface area contributed by atoms with Crippen LogP contribution in [0.25, 0.3) is 11.3 Å². The van der Waals surface area contributed by atoms with Gasteiger partial charge in [-0.05, 0) is 51.1 Å². The second-order valence-corrected chi connectivity index (χ2v) is 6.02. The molecule has 2 aromatic rings. The van der Waals surface area contributed by atoms with Gasteiger partial charge in [-0.1, -0.05) is 11.6 Å². The van der Waals surface area contributed by atoms with Crippen LogP contribution in [-0.2, 0) is 7.05 Å². The Balaban J connectivity index is 2.01. The predicted octanol–water partition coefficient (Wildman–Crippen LogP) is 3.66. The van der Waals surface area contributed by atoms with Gasteiger partial charge in [-0.25, -0.2) is 9.37 Å². The topological polar surface area (TPSA) is 29.9 Å². The van der Waals surface area contributed by atoms with E-state index in [2.05, 4.69) is 9.88 Å². The van der Waals surface area contributed by atoms with Crippen molar-refractivity contribution < 1.29 is 4.39 Å². The molecule has 1 fully saturated rings. The lowest BCUT2D eigenvalue weighted by Crippen LogP contribution is -2.27. The predicted molar refractivity (Wildman–Crippen MR) is 83.2 cm³/mol. The van der Waals surface area contributed by atoms with Crippen molar-refractivity contribution in [1.82, 2.24) is 14.9 Å². The van der Waals surface area contributed by atoms with Gasteiger partial charge in [0.1, 0.15) is 11.6 Å². The maximum Gasteiger partial charge on any atom is 0.141 e. The summed E-state index contributed by atoms with van der Waals surface area (Å²) in [4.78, 5) is 4.83. The highest BCUT2D eigenvalue weighted by atomic mass is 35.5. The molecule has 0 saturated carbocycles. The third kappa shape index (κ3) is 2.70. The van der Waals surface area contributed by atoms with Crippen LogP contribution in [0.5, 0.6) is 0 Å². The monoisotopic (exact) mass is 307 g/mol. The molecule has 2 heterocycles. The molecule has 5 heteroatoms. The zero-order valence-corrected chi connectivity index (χ0v) is 13.0. The van der Waals surface area contributed by atoms with Crippen LogP contribution < -0.4 is 5.32 Å². The highest BCUT2D eigenvalue weighted by molar-refractivity contribution is 6.31. The summed E-state index contributed by atoms with van der Waals surface area (Å²) >= 11 is 5.89. The quantitative estimate of drug-likeness (QED) is 0.917. The van der Waals surface area contributed by atoms with E-state index < -0.39 is 5.82 Å². The first-order valence-electron chi connectivity index (χ1n) is 7.27. The summed E-state index contributed by atoms with van der Waals surface area (Å²) in [5, 5.41) is 3.51. The van der Waals surface area contributed by atoms with Crippen LogP contribution in [0, 0.1) is 12.7 Å². The van der Waals surface area contributed by atoms with Gasteiger partial charge in [0.15, 0.2) is 0 Å². The molecule has 1 aromatic heterocycles. The number of benzene rings is 1. The first-order chi connectivity index (χ1) is 10.1. The zero-order valence-electron chi connectivity index (χ0n) is 12.3. The van der Waals surface area contributed by atoms with Crippen LogP contribution in [0.3, 0.4) is 0 Å². The molecule has 1 aliphatic heterocycles. The number of nitrogens with one attached hydrogen (secondary N) is 1. The van der Waals surface area contributed by atoms with Gasteiger partial charge < -0.3 is 9.88 Å². The molecule has 1 N–H and O–H groups in total. The molecule has 0 spiro atoms. The van der Waals surface area contributed by atoms with E-state index in [-0.39, 0.29) is 5.02 Å². The van der Waals surface area contributed by atoms with Gasteiger partial charge in [0.05, 0.1) is 10.7 Å². The minimum absolute atomic E-state index is 0.140. The molecule has 112 valence electrons. The van der Waals surface area contributed by atoms with E-state index in [1.54, 1.807) is 12.1 Å². The minimum atomic E-state index is -0.396. The Morgan fingerprint density at radius 1 is 1.33 bits per heavy atom. The summed E-state index contributed by atoms with van der Waals surface area (Å²) in [7, 11) is 2.05. The summed E-state index contributed by atoms with van der Waals surface area (Å²) < 4.78 is 15.5. The van der Waals surface area contributed by atoms with Gasteiger partial charge in [0.2, 0.25) is 0 Å². The Hall–Kier alpha value is -1.39. The number of hydrogen-bond acceptors (Lipinski definition) is 2. The van der Waals surface area contributed by atoms with Crippen LogP contribution in [0.2, 0.25) is 5.02 Å². The average Bonchev–Trinajstić information content (AvgIpc) is 2.79. The van der Waals surface area contributed by atoms with E-state index in [0.29, 0.717) is 5.92 Å². The van der Waals surface area contributed by atoms with Crippen molar-refractivity contribution in [3.05, 3.63) is 40.6 Å². The normalized spacial score (nSPS) is 16.4. The van der Waals surface area contributed by atoms with Crippen molar-refractivity contribution in [2.45, 2.75) is 25.7 Å². The second-order valence-electron chi connectivity index (χ2n) is 5.62. The maximum atomic E-state index is 13.3. The van der Waals surface area contributed by atoms with Gasteiger partial charge in [0.25, 0.3) is 0 Å². The summed E-state index contributed by atoms with van der Waals surface area (Å²) in [5.74, 6) is 1.21. The fourth-order valence-electron chi connectivity index (χ4n) is 2.96. The molecule has 21 heavy (non-hydrogen) atoms. The van der Waals surface area contributed by atoms with Gasteiger partial charge in [-0.15, -0.1) is 0 Å². The van der Waals surface area contributed by atoms with Crippen LogP contribution in [-0.4, -0.2) is 22.6 Å². The van der Waals surface area contributed by atoms with E-state index >= 15 is 0 Å². The Labute approximate surface area is 129 Å². The zero-order chi connectivity index (χ0) is 15.0. The van der Waals surface area contributed by atoms with Crippen molar-refractivity contribution in [2.24, 2.45) is 7.05 Å². The lowest BCUT2D eigenvalue weighted by atomic mass is 9.97. The lowest BCUT2D eigenvalue weighted by molar-refractivity contribution is 0.436. The van der Waals surface area contributed by atoms with E-state index in [0.717, 1.165) is 48.7 Å². The molecule has 1 aromatic carbocycles. The SMILES string of the molecule is Cc1c(-c2ccc(F)c(Cl)c2)nc(C2CCNCC2)n1C. The molecule has 1 aliphatic rings. The van der Waals surface area contributed by atoms with Crippen LogP contribution in [0.1, 0.15) is 30.3 Å². The van der Waals surface area contributed by atoms with Crippen molar-refractivity contribution >= 4 is 11.6 Å². The summed E-state index contributed by atoms with van der Waals surface area (Å²) in [6.45, 7) is 4.12. The molecule has 0 amide bonds. The van der Waals surface area contributed by atoms with Gasteiger partial charge in [-0.2, -0.15) is 0 Å². The molecule has 0 radical (unpaired) electrons. The van der Waals surface area contributed by atoms with Crippen LogP contribution in [0.15, 0.2) is 18.2 Å². The third-order valence-corrected chi connectivity index (χ3v) is 4.60. The van der Waals surface area contributed by atoms with Crippen molar-refractivity contribution in [3.8, 4) is 11.3 Å². The van der Waals surface area contributed by atoms with E-state index in [1.165, 1.54) is 6.07 Å². The van der Waals surface area contributed by atoms with Crippen LogP contribution >= 0.6 is 11.6 Å². The molecule has 3 nitrogen and oxygen atoms in total. The number of rotatable bonds is 2. The number of hydrogen-bond donors (Lipinski definition) is 1. The fourth-order valence-corrected chi connectivity index (χ4v) is 3.14. The first kappa shape index (κ1) is 14.5. The Bertz CT molecular complexity index is 660. The molecular formula is C16H19ClFN3. The molecule has 1 saturated heterocycles. The maximum absolute atomic E-state index is 13.3. The summed E-state index contributed by atoms with van der Waals surface area (Å²) in [5.41, 5.74) is 2.86. The van der Waals surface area contributed by atoms with E-state index in [1.807, 2.05) is 14.0 Å². The highest BCUT2D eigenvalue weighted by Gasteiger charge is 2.22. The highest BCUT2D eigenvalue weighted by Crippen LogP contribution is 2.31. The molecule has 0 atom stereocenters. The van der Waals surface area contributed by atoms with Crippen molar-refractivity contribution in [2.75, 3.05) is 13.1 Å². The Morgan fingerprint density at radius 3 is 2.71 bits per heavy atom. The van der Waals surface area contributed by atoms with Gasteiger partial charge in [-0.3, -0.25) is 0 Å². The third-order valence-electron chi connectivity index (χ3n) is 4.31. The average molecular weight is 308 g/mol. The van der Waals surface area contributed by atoms with Gasteiger partial charge >= 0.3 is 0 Å².